The third-order valence-corrected chi connectivity index (χ3v) is 6.28. The number of aliphatic hydroxyl groups is 1. The van der Waals surface area contributed by atoms with Crippen molar-refractivity contribution in [3.63, 3.8) is 0 Å². The lowest BCUT2D eigenvalue weighted by Crippen LogP contribution is -2.35. The van der Waals surface area contributed by atoms with Crippen LogP contribution in [-0.4, -0.2) is 54.6 Å². The lowest BCUT2D eigenvalue weighted by molar-refractivity contribution is -0.142. The van der Waals surface area contributed by atoms with Crippen LogP contribution in [0.2, 0.25) is 0 Å². The molecule has 15 heteroatoms. The van der Waals surface area contributed by atoms with Crippen molar-refractivity contribution in [3.8, 4) is 11.6 Å². The molecule has 0 fully saturated rings. The zero-order chi connectivity index (χ0) is 27.5. The molecule has 37 heavy (non-hydrogen) atoms. The first-order chi connectivity index (χ1) is 17.3. The summed E-state index contributed by atoms with van der Waals surface area (Å²) in [6, 6.07) is 7.50. The maximum Gasteiger partial charge on any atom is 0.435 e. The number of nitrogens with one attached hydrogen (secondary N) is 1. The highest BCUT2D eigenvalue weighted by Gasteiger charge is 2.38. The van der Waals surface area contributed by atoms with Crippen LogP contribution in [-0.2, 0) is 22.3 Å². The predicted octanol–water partition coefficient (Wildman–Crippen LogP) is 3.16. The van der Waals surface area contributed by atoms with Gasteiger partial charge in [-0.1, -0.05) is 6.07 Å². The Morgan fingerprint density at radius 2 is 1.89 bits per heavy atom. The van der Waals surface area contributed by atoms with Crippen molar-refractivity contribution in [2.24, 2.45) is 0 Å². The Labute approximate surface area is 210 Å². The number of alkyl halides is 3. The molecule has 3 aromatic rings. The Kier molecular flexibility index (Phi) is 8.30. The minimum atomic E-state index is -4.93. The van der Waals surface area contributed by atoms with E-state index in [-0.39, 0.29) is 22.0 Å². The van der Waals surface area contributed by atoms with Crippen molar-refractivity contribution in [3.05, 3.63) is 64.9 Å². The quantitative estimate of drug-likeness (QED) is 0.264. The van der Waals surface area contributed by atoms with Crippen LogP contribution in [0, 0.1) is 19.8 Å². The average molecular weight is 541 g/mol. The van der Waals surface area contributed by atoms with E-state index in [1.165, 1.54) is 38.2 Å². The molecule has 2 N–H and O–H groups in total. The number of pyridine rings is 1. The molecule has 0 aliphatic rings. The van der Waals surface area contributed by atoms with Gasteiger partial charge in [0.1, 0.15) is 23.5 Å². The van der Waals surface area contributed by atoms with Gasteiger partial charge in [-0.15, -0.1) is 10.2 Å². The Morgan fingerprint density at radius 3 is 2.51 bits per heavy atom. The number of aryl methyl sites for hydroxylation is 1. The molecular formula is C22H19F4N5O5S. The third-order valence-electron chi connectivity index (χ3n) is 4.92. The molecule has 10 nitrogen and oxygen atoms in total. The van der Waals surface area contributed by atoms with Crippen molar-refractivity contribution >= 4 is 28.9 Å². The fraction of sp³-hybridized carbons (Fsp3) is 0.227. The summed E-state index contributed by atoms with van der Waals surface area (Å²) in [6.45, 7) is 1.52. The van der Waals surface area contributed by atoms with Gasteiger partial charge < -0.3 is 19.7 Å². The lowest BCUT2D eigenvalue weighted by Gasteiger charge is -2.19. The molecule has 2 heterocycles. The number of likely N-dealkylation sites (N-methyl/N-ethyl adjacent to an activating group) is 1. The normalized spacial score (nSPS) is 12.1. The van der Waals surface area contributed by atoms with Gasteiger partial charge in [0.2, 0.25) is 5.95 Å². The molecule has 0 saturated heterocycles. The second-order valence-corrected chi connectivity index (χ2v) is 8.97. The Balaban J connectivity index is 2.00. The van der Waals surface area contributed by atoms with Gasteiger partial charge >= 0.3 is 6.18 Å². The number of amides is 2. The maximum atomic E-state index is 13.5. The zero-order valence-electron chi connectivity index (χ0n) is 19.5. The van der Waals surface area contributed by atoms with Gasteiger partial charge in [-0.25, -0.2) is 4.98 Å². The number of anilines is 1. The molecule has 1 atom stereocenters. The maximum absolute atomic E-state index is 13.5. The second-order valence-electron chi connectivity index (χ2n) is 7.45. The number of benzene rings is 1. The summed E-state index contributed by atoms with van der Waals surface area (Å²) in [5, 5.41) is 17.9. The van der Waals surface area contributed by atoms with E-state index in [9.17, 15) is 31.7 Å². The standard InChI is InChI=1S/C22H19F4N5O5S/c1-11-18(20(34)28-13-5-4-6-14(9-13)37(35)31(3)17(33)10-32)21(30-29-19(11)22(24,25)26)36-15-7-8-16(23)27-12(15)2/h4-9,32H,10H2,1-3H3,(H,28,34). The van der Waals surface area contributed by atoms with Crippen LogP contribution in [0.1, 0.15) is 27.3 Å². The smallest absolute Gasteiger partial charge is 0.435 e. The number of aromatic nitrogens is 3. The van der Waals surface area contributed by atoms with Crippen molar-refractivity contribution in [2.75, 3.05) is 19.0 Å². The fourth-order valence-electron chi connectivity index (χ4n) is 3.06. The highest BCUT2D eigenvalue weighted by molar-refractivity contribution is 7.89. The molecule has 0 bridgehead atoms. The van der Waals surface area contributed by atoms with Crippen LogP contribution in [0.3, 0.4) is 0 Å². The van der Waals surface area contributed by atoms with E-state index >= 15 is 0 Å². The van der Waals surface area contributed by atoms with Gasteiger partial charge in [0, 0.05) is 11.8 Å². The molecular weight excluding hydrogens is 522 g/mol. The van der Waals surface area contributed by atoms with E-state index in [1.807, 2.05) is 0 Å². The SMILES string of the molecule is Cc1nc(F)ccc1Oc1nnc(C(F)(F)F)c(C)c1C(=O)Nc1cccc([S+]([O-])N(C)C(=O)CO)c1. The van der Waals surface area contributed by atoms with Gasteiger partial charge in [0.15, 0.2) is 16.3 Å². The van der Waals surface area contributed by atoms with Crippen molar-refractivity contribution in [1.82, 2.24) is 19.5 Å². The first kappa shape index (κ1) is 27.8. The highest BCUT2D eigenvalue weighted by Crippen LogP contribution is 2.35. The van der Waals surface area contributed by atoms with Gasteiger partial charge in [0.25, 0.3) is 17.7 Å². The van der Waals surface area contributed by atoms with Crippen molar-refractivity contribution in [1.29, 1.82) is 0 Å². The van der Waals surface area contributed by atoms with E-state index in [2.05, 4.69) is 20.5 Å². The largest absolute Gasteiger partial charge is 0.588 e. The lowest BCUT2D eigenvalue weighted by atomic mass is 10.1. The molecule has 1 aromatic carbocycles. The number of nitrogens with zero attached hydrogens (tertiary/aromatic N) is 4. The van der Waals surface area contributed by atoms with E-state index in [0.29, 0.717) is 0 Å². The molecule has 1 unspecified atom stereocenters. The number of rotatable bonds is 7. The molecule has 2 amide bonds. The average Bonchev–Trinajstić information content (AvgIpc) is 2.83. The second kappa shape index (κ2) is 11.1. The first-order valence-electron chi connectivity index (χ1n) is 10.3. The van der Waals surface area contributed by atoms with E-state index in [0.717, 1.165) is 23.4 Å². The molecule has 0 radical (unpaired) electrons. The number of halogens is 4. The fourth-order valence-corrected chi connectivity index (χ4v) is 4.04. The van der Waals surface area contributed by atoms with Crippen LogP contribution in [0.4, 0.5) is 23.2 Å². The molecule has 0 saturated carbocycles. The minimum absolute atomic E-state index is 0.0241. The van der Waals surface area contributed by atoms with Crippen LogP contribution in [0.5, 0.6) is 11.6 Å². The molecule has 0 spiro atoms. The summed E-state index contributed by atoms with van der Waals surface area (Å²) < 4.78 is 72.6. The number of hydrogen-bond acceptors (Lipinski definition) is 8. The number of carbonyl (C=O) groups excluding carboxylic acids is 2. The van der Waals surface area contributed by atoms with E-state index < -0.39 is 64.6 Å². The van der Waals surface area contributed by atoms with Gasteiger partial charge in [-0.05, 0) is 43.7 Å². The first-order valence-corrected chi connectivity index (χ1v) is 11.4. The topological polar surface area (TPSA) is 141 Å². The zero-order valence-corrected chi connectivity index (χ0v) is 20.3. The van der Waals surface area contributed by atoms with Crippen LogP contribution >= 0.6 is 0 Å². The molecule has 3 rings (SSSR count). The molecule has 2 aromatic heterocycles. The van der Waals surface area contributed by atoms with Crippen molar-refractivity contribution in [2.45, 2.75) is 24.9 Å². The summed E-state index contributed by atoms with van der Waals surface area (Å²) in [5.41, 5.74) is -2.54. The summed E-state index contributed by atoms with van der Waals surface area (Å²) in [4.78, 5) is 28.4. The van der Waals surface area contributed by atoms with Crippen LogP contribution in [0.25, 0.3) is 0 Å². The molecule has 0 aliphatic carbocycles. The Bertz CT molecular complexity index is 1340. The van der Waals surface area contributed by atoms with Crippen LogP contribution in [0.15, 0.2) is 41.3 Å². The van der Waals surface area contributed by atoms with Gasteiger partial charge in [0.05, 0.1) is 12.7 Å². The summed E-state index contributed by atoms with van der Waals surface area (Å²) in [7, 11) is 1.19. The van der Waals surface area contributed by atoms with Gasteiger partial charge in [-0.2, -0.15) is 21.9 Å². The number of carbonyl (C=O) groups is 2. The van der Waals surface area contributed by atoms with Crippen LogP contribution < -0.4 is 10.1 Å². The monoisotopic (exact) mass is 541 g/mol. The Hall–Kier alpha value is -3.82. The third kappa shape index (κ3) is 6.31. The minimum Gasteiger partial charge on any atom is -0.588 e. The Morgan fingerprint density at radius 1 is 1.19 bits per heavy atom. The van der Waals surface area contributed by atoms with E-state index in [1.54, 1.807) is 0 Å². The summed E-state index contributed by atoms with van der Waals surface area (Å²) in [5.74, 6) is -3.37. The molecule has 196 valence electrons. The summed E-state index contributed by atoms with van der Waals surface area (Å²) in [6.07, 6.45) is -4.93. The highest BCUT2D eigenvalue weighted by atomic mass is 32.2. The number of ether oxygens (including phenoxy) is 1. The van der Waals surface area contributed by atoms with Crippen molar-refractivity contribution < 1.29 is 41.5 Å². The predicted molar refractivity (Wildman–Crippen MR) is 121 cm³/mol. The summed E-state index contributed by atoms with van der Waals surface area (Å²) >= 11 is -2.04. The van der Waals surface area contributed by atoms with Gasteiger partial charge in [-0.3, -0.25) is 9.59 Å². The molecule has 0 aliphatic heterocycles. The number of aliphatic hydroxyl groups excluding tert-OH is 1. The van der Waals surface area contributed by atoms with E-state index in [4.69, 9.17) is 9.84 Å². The number of hydrogen-bond donors (Lipinski definition) is 2.